The van der Waals surface area contributed by atoms with E-state index in [1.807, 2.05) is 58.9 Å². The first-order chi connectivity index (χ1) is 11.6. The second kappa shape index (κ2) is 7.23. The van der Waals surface area contributed by atoms with Crippen LogP contribution in [0.5, 0.6) is 5.75 Å². The fourth-order valence-corrected chi connectivity index (χ4v) is 2.44. The van der Waals surface area contributed by atoms with Crippen LogP contribution in [0.3, 0.4) is 0 Å². The standard InChI is InChI=1S/C18H25N5OS/c1-17(2,3)22-23-18(4,5)19-16(25)21-20-14-10-6-9-13-12(14)8-7-11-15(13)24/h6-11,20,24H,1-5H3,(H2,19,21,25)/b23-22+. The van der Waals surface area contributed by atoms with Gasteiger partial charge in [0.15, 0.2) is 5.11 Å². The molecule has 0 atom stereocenters. The van der Waals surface area contributed by atoms with Crippen LogP contribution in [0.15, 0.2) is 46.6 Å². The minimum Gasteiger partial charge on any atom is -0.507 e. The summed E-state index contributed by atoms with van der Waals surface area (Å²) >= 11 is 5.32. The molecule has 2 rings (SSSR count). The Morgan fingerprint density at radius 2 is 1.60 bits per heavy atom. The molecule has 0 aliphatic rings. The highest BCUT2D eigenvalue weighted by Gasteiger charge is 2.19. The molecule has 7 heteroatoms. The molecule has 4 N–H and O–H groups in total. The van der Waals surface area contributed by atoms with Gasteiger partial charge in [-0.25, -0.2) is 0 Å². The molecule has 0 unspecified atom stereocenters. The number of phenolic OH excluding ortho intramolecular Hbond substituents is 1. The Labute approximate surface area is 153 Å². The summed E-state index contributed by atoms with van der Waals surface area (Å²) in [5, 5.41) is 23.7. The number of benzene rings is 2. The van der Waals surface area contributed by atoms with Gasteiger partial charge in [-0.1, -0.05) is 24.3 Å². The van der Waals surface area contributed by atoms with Gasteiger partial charge in [-0.05, 0) is 59.0 Å². The lowest BCUT2D eigenvalue weighted by Gasteiger charge is -2.24. The number of fused-ring (bicyclic) bond motifs is 1. The molecule has 6 nitrogen and oxygen atoms in total. The number of rotatable bonds is 4. The Balaban J connectivity index is 2.03. The van der Waals surface area contributed by atoms with Gasteiger partial charge in [0.2, 0.25) is 0 Å². The normalized spacial score (nSPS) is 12.4. The molecule has 25 heavy (non-hydrogen) atoms. The van der Waals surface area contributed by atoms with E-state index in [0.717, 1.165) is 16.5 Å². The minimum atomic E-state index is -0.629. The lowest BCUT2D eigenvalue weighted by molar-refractivity contribution is 0.415. The second-order valence-electron chi connectivity index (χ2n) is 7.31. The van der Waals surface area contributed by atoms with Gasteiger partial charge in [0.25, 0.3) is 0 Å². The van der Waals surface area contributed by atoms with Crippen molar-refractivity contribution in [2.24, 2.45) is 10.2 Å². The summed E-state index contributed by atoms with van der Waals surface area (Å²) < 4.78 is 0. The maximum atomic E-state index is 9.94. The Morgan fingerprint density at radius 3 is 2.28 bits per heavy atom. The van der Waals surface area contributed by atoms with Gasteiger partial charge in [-0.3, -0.25) is 10.9 Å². The molecule has 0 aromatic heterocycles. The number of aromatic hydroxyl groups is 1. The average molecular weight is 359 g/mol. The van der Waals surface area contributed by atoms with Crippen LogP contribution >= 0.6 is 12.2 Å². The zero-order valence-electron chi connectivity index (χ0n) is 15.2. The SMILES string of the molecule is CC(C)(C)/N=N/C(C)(C)NC(=S)NNc1cccc2c(O)cccc12. The number of anilines is 1. The van der Waals surface area contributed by atoms with Crippen molar-refractivity contribution in [3.8, 4) is 5.75 Å². The van der Waals surface area contributed by atoms with E-state index in [9.17, 15) is 5.11 Å². The monoisotopic (exact) mass is 359 g/mol. The van der Waals surface area contributed by atoms with E-state index in [1.54, 1.807) is 12.1 Å². The molecule has 0 amide bonds. The number of thiocarbonyl (C=S) groups is 1. The van der Waals surface area contributed by atoms with Crippen molar-refractivity contribution in [1.82, 2.24) is 10.7 Å². The smallest absolute Gasteiger partial charge is 0.187 e. The molecular formula is C18H25N5OS. The lowest BCUT2D eigenvalue weighted by atomic mass is 10.1. The Kier molecular flexibility index (Phi) is 5.47. The number of hydrazine groups is 1. The minimum absolute atomic E-state index is 0.239. The summed E-state index contributed by atoms with van der Waals surface area (Å²) in [4.78, 5) is 0. The highest BCUT2D eigenvalue weighted by molar-refractivity contribution is 7.80. The van der Waals surface area contributed by atoms with Crippen molar-refractivity contribution in [2.75, 3.05) is 5.43 Å². The maximum Gasteiger partial charge on any atom is 0.187 e. The van der Waals surface area contributed by atoms with Gasteiger partial charge < -0.3 is 10.4 Å². The molecular weight excluding hydrogens is 334 g/mol. The van der Waals surface area contributed by atoms with Gasteiger partial charge in [0, 0.05) is 10.8 Å². The molecule has 0 aliphatic carbocycles. The third-order valence-electron chi connectivity index (χ3n) is 3.23. The Morgan fingerprint density at radius 1 is 0.960 bits per heavy atom. The summed E-state index contributed by atoms with van der Waals surface area (Å²) in [7, 11) is 0. The molecule has 0 heterocycles. The zero-order valence-corrected chi connectivity index (χ0v) is 16.0. The first-order valence-electron chi connectivity index (χ1n) is 8.06. The number of azo groups is 1. The number of hydrogen-bond donors (Lipinski definition) is 4. The van der Waals surface area contributed by atoms with Crippen LogP contribution in [-0.2, 0) is 0 Å². The topological polar surface area (TPSA) is 81.0 Å². The van der Waals surface area contributed by atoms with Crippen LogP contribution in [0.1, 0.15) is 34.6 Å². The molecule has 2 aromatic carbocycles. The summed E-state index contributed by atoms with van der Waals surface area (Å²) in [5.41, 5.74) is 5.97. The van der Waals surface area contributed by atoms with E-state index in [1.165, 1.54) is 0 Å². The molecule has 0 spiro atoms. The molecule has 0 saturated heterocycles. The first kappa shape index (κ1) is 18.9. The van der Waals surface area contributed by atoms with Crippen molar-refractivity contribution in [2.45, 2.75) is 45.8 Å². The number of nitrogens with zero attached hydrogens (tertiary/aromatic N) is 2. The van der Waals surface area contributed by atoms with Gasteiger partial charge in [0.05, 0.1) is 11.2 Å². The maximum absolute atomic E-state index is 9.94. The van der Waals surface area contributed by atoms with Crippen molar-refractivity contribution in [1.29, 1.82) is 0 Å². The molecule has 0 fully saturated rings. The summed E-state index contributed by atoms with van der Waals surface area (Å²) in [6.07, 6.45) is 0. The molecule has 0 saturated carbocycles. The van der Waals surface area contributed by atoms with Gasteiger partial charge in [-0.15, -0.1) is 0 Å². The predicted octanol–water partition coefficient (Wildman–Crippen LogP) is 4.32. The summed E-state index contributed by atoms with van der Waals surface area (Å²) in [6, 6.07) is 11.0. The van der Waals surface area contributed by atoms with Crippen molar-refractivity contribution < 1.29 is 5.11 Å². The van der Waals surface area contributed by atoms with E-state index >= 15 is 0 Å². The van der Waals surface area contributed by atoms with Crippen LogP contribution < -0.4 is 16.2 Å². The van der Waals surface area contributed by atoms with Crippen LogP contribution in [0.4, 0.5) is 5.69 Å². The Bertz CT molecular complexity index is 796. The van der Waals surface area contributed by atoms with E-state index < -0.39 is 5.66 Å². The first-order valence-corrected chi connectivity index (χ1v) is 8.47. The summed E-state index contributed by atoms with van der Waals surface area (Å²) in [6.45, 7) is 9.75. The zero-order chi connectivity index (χ0) is 18.7. The molecule has 0 radical (unpaired) electrons. The van der Waals surface area contributed by atoms with E-state index in [0.29, 0.717) is 5.11 Å². The van der Waals surface area contributed by atoms with Crippen molar-refractivity contribution in [3.63, 3.8) is 0 Å². The molecule has 134 valence electrons. The largest absolute Gasteiger partial charge is 0.507 e. The highest BCUT2D eigenvalue weighted by Crippen LogP contribution is 2.29. The number of nitrogens with one attached hydrogen (secondary N) is 3. The fourth-order valence-electron chi connectivity index (χ4n) is 2.14. The van der Waals surface area contributed by atoms with Gasteiger partial charge in [-0.2, -0.15) is 10.2 Å². The lowest BCUT2D eigenvalue weighted by Crippen LogP contribution is -2.48. The van der Waals surface area contributed by atoms with Crippen LogP contribution in [0.25, 0.3) is 10.8 Å². The highest BCUT2D eigenvalue weighted by atomic mass is 32.1. The number of phenols is 1. The second-order valence-corrected chi connectivity index (χ2v) is 7.72. The predicted molar refractivity (Wildman–Crippen MR) is 107 cm³/mol. The van der Waals surface area contributed by atoms with E-state index in [-0.39, 0.29) is 11.3 Å². The van der Waals surface area contributed by atoms with Crippen molar-refractivity contribution in [3.05, 3.63) is 36.4 Å². The molecule has 2 aromatic rings. The third kappa shape index (κ3) is 5.56. The third-order valence-corrected chi connectivity index (χ3v) is 3.43. The molecule has 0 bridgehead atoms. The fraction of sp³-hybridized carbons (Fsp3) is 0.389. The van der Waals surface area contributed by atoms with Crippen molar-refractivity contribution >= 4 is 33.8 Å². The van der Waals surface area contributed by atoms with Crippen LogP contribution in [-0.4, -0.2) is 21.4 Å². The Hall–Kier alpha value is -2.41. The molecule has 0 aliphatic heterocycles. The van der Waals surface area contributed by atoms with E-state index in [4.69, 9.17) is 12.2 Å². The average Bonchev–Trinajstić information content (AvgIpc) is 2.51. The van der Waals surface area contributed by atoms with Crippen LogP contribution in [0, 0.1) is 0 Å². The van der Waals surface area contributed by atoms with Gasteiger partial charge in [0.1, 0.15) is 11.4 Å². The summed E-state index contributed by atoms with van der Waals surface area (Å²) in [5.74, 6) is 0.241. The van der Waals surface area contributed by atoms with E-state index in [2.05, 4.69) is 26.4 Å². The van der Waals surface area contributed by atoms with Gasteiger partial charge >= 0.3 is 0 Å². The number of hydrogen-bond acceptors (Lipinski definition) is 5. The quantitative estimate of drug-likeness (QED) is 0.371. The van der Waals surface area contributed by atoms with Crippen LogP contribution in [0.2, 0.25) is 0 Å².